The Morgan fingerprint density at radius 2 is 1.81 bits per heavy atom. The van der Waals surface area contributed by atoms with Gasteiger partial charge in [0.1, 0.15) is 11.6 Å². The van der Waals surface area contributed by atoms with Crippen LogP contribution in [-0.4, -0.2) is 41.3 Å². The van der Waals surface area contributed by atoms with Gasteiger partial charge in [0.25, 0.3) is 0 Å². The molecule has 0 radical (unpaired) electrons. The summed E-state index contributed by atoms with van der Waals surface area (Å²) in [7, 11) is 0. The third-order valence-electron chi connectivity index (χ3n) is 4.82. The minimum atomic E-state index is -0.563. The molecule has 1 amide bonds. The van der Waals surface area contributed by atoms with E-state index >= 15 is 0 Å². The van der Waals surface area contributed by atoms with Crippen molar-refractivity contribution in [3.05, 3.63) is 0 Å². The number of hydrogen-bond acceptors (Lipinski definition) is 4. The summed E-state index contributed by atoms with van der Waals surface area (Å²) in [6.45, 7) is 11.9. The van der Waals surface area contributed by atoms with Crippen molar-refractivity contribution in [2.24, 2.45) is 17.8 Å². The van der Waals surface area contributed by atoms with Crippen LogP contribution in [0.2, 0.25) is 0 Å². The van der Waals surface area contributed by atoms with Crippen LogP contribution >= 0.6 is 0 Å². The van der Waals surface area contributed by atoms with Crippen molar-refractivity contribution in [3.63, 3.8) is 0 Å². The third kappa shape index (κ3) is 2.87. The average molecular weight is 297 g/mol. The van der Waals surface area contributed by atoms with Gasteiger partial charge in [-0.05, 0) is 51.9 Å². The maximum atomic E-state index is 12.5. The molecule has 21 heavy (non-hydrogen) atoms. The molecule has 0 spiro atoms. The van der Waals surface area contributed by atoms with Gasteiger partial charge in [0.2, 0.25) is 0 Å². The number of likely N-dealkylation sites (tertiary alicyclic amines) is 1. The number of carbonyl (C=O) groups excluding carboxylic acids is 2. The molecular weight excluding hydrogens is 270 g/mol. The third-order valence-corrected chi connectivity index (χ3v) is 4.82. The van der Waals surface area contributed by atoms with E-state index in [4.69, 9.17) is 9.47 Å². The molecule has 0 N–H and O–H groups in total. The summed E-state index contributed by atoms with van der Waals surface area (Å²) in [6, 6.07) is -0.412. The van der Waals surface area contributed by atoms with Crippen molar-refractivity contribution < 1.29 is 19.1 Å². The van der Waals surface area contributed by atoms with Gasteiger partial charge in [0.05, 0.1) is 6.61 Å². The lowest BCUT2D eigenvalue weighted by Gasteiger charge is -2.40. The van der Waals surface area contributed by atoms with E-state index in [0.717, 1.165) is 6.42 Å². The topological polar surface area (TPSA) is 55.8 Å². The van der Waals surface area contributed by atoms with E-state index in [1.165, 1.54) is 0 Å². The molecule has 5 heteroatoms. The van der Waals surface area contributed by atoms with Crippen LogP contribution in [0.3, 0.4) is 0 Å². The van der Waals surface area contributed by atoms with Gasteiger partial charge >= 0.3 is 12.1 Å². The van der Waals surface area contributed by atoms with Gasteiger partial charge in [-0.1, -0.05) is 13.8 Å². The van der Waals surface area contributed by atoms with Crippen LogP contribution in [0, 0.1) is 17.8 Å². The van der Waals surface area contributed by atoms with Gasteiger partial charge in [0, 0.05) is 6.04 Å². The highest BCUT2D eigenvalue weighted by Crippen LogP contribution is 2.50. The molecule has 0 unspecified atom stereocenters. The van der Waals surface area contributed by atoms with Crippen LogP contribution in [0.4, 0.5) is 4.79 Å². The molecule has 0 aromatic carbocycles. The van der Waals surface area contributed by atoms with Crippen LogP contribution in [-0.2, 0) is 14.3 Å². The summed E-state index contributed by atoms with van der Waals surface area (Å²) in [4.78, 5) is 26.5. The first kappa shape index (κ1) is 16.1. The van der Waals surface area contributed by atoms with E-state index in [9.17, 15) is 9.59 Å². The van der Waals surface area contributed by atoms with E-state index in [1.807, 2.05) is 20.8 Å². The number of amides is 1. The SMILES string of the molecule is CCOC(=O)[C@@H]1[C@@H]2C[C@@H]([C@@H](C)[C@H]2C)N1C(=O)OC(C)(C)C. The first-order chi connectivity index (χ1) is 9.67. The number of rotatable bonds is 2. The predicted octanol–water partition coefficient (Wildman–Crippen LogP) is 2.83. The summed E-state index contributed by atoms with van der Waals surface area (Å²) in [5.74, 6) is 0.683. The predicted molar refractivity (Wildman–Crippen MR) is 78.7 cm³/mol. The van der Waals surface area contributed by atoms with Gasteiger partial charge in [-0.25, -0.2) is 9.59 Å². The van der Waals surface area contributed by atoms with E-state index in [1.54, 1.807) is 11.8 Å². The number of piperidine rings is 1. The fourth-order valence-electron chi connectivity index (χ4n) is 3.72. The quantitative estimate of drug-likeness (QED) is 0.735. The molecule has 120 valence electrons. The van der Waals surface area contributed by atoms with Crippen molar-refractivity contribution in [1.82, 2.24) is 4.90 Å². The highest BCUT2D eigenvalue weighted by atomic mass is 16.6. The van der Waals surface area contributed by atoms with Gasteiger partial charge < -0.3 is 9.47 Å². The number of fused-ring (bicyclic) bond motifs is 2. The van der Waals surface area contributed by atoms with Crippen LogP contribution in [0.1, 0.15) is 48.0 Å². The Bertz CT molecular complexity index is 428. The Kier molecular flexibility index (Phi) is 4.22. The van der Waals surface area contributed by atoms with Crippen molar-refractivity contribution >= 4 is 12.1 Å². The van der Waals surface area contributed by atoms with E-state index in [2.05, 4.69) is 13.8 Å². The molecule has 2 rings (SSSR count). The minimum Gasteiger partial charge on any atom is -0.464 e. The molecule has 1 aliphatic carbocycles. The van der Waals surface area contributed by atoms with Crippen LogP contribution in [0.5, 0.6) is 0 Å². The Hall–Kier alpha value is -1.26. The number of nitrogens with zero attached hydrogens (tertiary/aromatic N) is 1. The summed E-state index contributed by atoms with van der Waals surface area (Å²) >= 11 is 0. The maximum absolute atomic E-state index is 12.5. The van der Waals surface area contributed by atoms with Crippen molar-refractivity contribution in [2.75, 3.05) is 6.61 Å². The Morgan fingerprint density at radius 1 is 1.19 bits per heavy atom. The lowest BCUT2D eigenvalue weighted by molar-refractivity contribution is -0.152. The molecule has 5 nitrogen and oxygen atoms in total. The second-order valence-corrected chi connectivity index (χ2v) is 7.27. The lowest BCUT2D eigenvalue weighted by Crippen LogP contribution is -2.55. The second kappa shape index (κ2) is 5.50. The van der Waals surface area contributed by atoms with Gasteiger partial charge in [0.15, 0.2) is 0 Å². The molecule has 0 aromatic rings. The van der Waals surface area contributed by atoms with Crippen molar-refractivity contribution in [2.45, 2.75) is 65.6 Å². The van der Waals surface area contributed by atoms with Crippen molar-refractivity contribution in [3.8, 4) is 0 Å². The highest BCUT2D eigenvalue weighted by molar-refractivity contribution is 5.83. The van der Waals surface area contributed by atoms with Crippen LogP contribution < -0.4 is 0 Å². The zero-order valence-corrected chi connectivity index (χ0v) is 13.9. The summed E-state index contributed by atoms with van der Waals surface area (Å²) in [5, 5.41) is 0. The highest BCUT2D eigenvalue weighted by Gasteiger charge is 2.59. The average Bonchev–Trinajstić information content (AvgIpc) is 2.86. The lowest BCUT2D eigenvalue weighted by atomic mass is 9.83. The van der Waals surface area contributed by atoms with E-state index in [0.29, 0.717) is 18.4 Å². The molecule has 1 aliphatic heterocycles. The molecule has 1 saturated carbocycles. The van der Waals surface area contributed by atoms with Crippen LogP contribution in [0.25, 0.3) is 0 Å². The van der Waals surface area contributed by atoms with E-state index in [-0.39, 0.29) is 17.9 Å². The zero-order chi connectivity index (χ0) is 15.9. The standard InChI is InChI=1S/C16H27NO4/c1-7-20-14(18)13-11-8-12(10(3)9(11)2)17(13)15(19)21-16(4,5)6/h9-13H,7-8H2,1-6H3/t9-,10+,11-,12+,13+/m1/s1. The fraction of sp³-hybridized carbons (Fsp3) is 0.875. The smallest absolute Gasteiger partial charge is 0.411 e. The Balaban J connectivity index is 2.24. The summed E-state index contributed by atoms with van der Waals surface area (Å²) < 4.78 is 10.7. The number of hydrogen-bond donors (Lipinski definition) is 0. The van der Waals surface area contributed by atoms with Gasteiger partial charge in [-0.15, -0.1) is 0 Å². The molecule has 2 fully saturated rings. The Morgan fingerprint density at radius 3 is 2.33 bits per heavy atom. The summed E-state index contributed by atoms with van der Waals surface area (Å²) in [6.07, 6.45) is 0.470. The second-order valence-electron chi connectivity index (χ2n) is 7.27. The monoisotopic (exact) mass is 297 g/mol. The molecule has 1 saturated heterocycles. The van der Waals surface area contributed by atoms with E-state index < -0.39 is 17.7 Å². The van der Waals surface area contributed by atoms with Gasteiger partial charge in [-0.3, -0.25) is 4.90 Å². The van der Waals surface area contributed by atoms with Crippen molar-refractivity contribution in [1.29, 1.82) is 0 Å². The Labute approximate surface area is 127 Å². The molecule has 2 aliphatic rings. The molecule has 0 aromatic heterocycles. The number of ether oxygens (including phenoxy) is 2. The molecular formula is C16H27NO4. The molecule has 1 heterocycles. The fourth-order valence-corrected chi connectivity index (χ4v) is 3.72. The zero-order valence-electron chi connectivity index (χ0n) is 13.9. The normalized spacial score (nSPS) is 35.0. The molecule has 5 atom stereocenters. The number of carbonyl (C=O) groups is 2. The first-order valence-electron chi connectivity index (χ1n) is 7.85. The largest absolute Gasteiger partial charge is 0.464 e. The van der Waals surface area contributed by atoms with Gasteiger partial charge in [-0.2, -0.15) is 0 Å². The maximum Gasteiger partial charge on any atom is 0.411 e. The minimum absolute atomic E-state index is 0.0780. The first-order valence-corrected chi connectivity index (χ1v) is 7.85. The molecule has 2 bridgehead atoms. The van der Waals surface area contributed by atoms with Crippen LogP contribution in [0.15, 0.2) is 0 Å². The summed E-state index contributed by atoms with van der Waals surface area (Å²) in [5.41, 5.74) is -0.563. The number of esters is 1.